The summed E-state index contributed by atoms with van der Waals surface area (Å²) in [6.07, 6.45) is 2.63. The number of aromatic nitrogens is 1. The van der Waals surface area contributed by atoms with Crippen LogP contribution in [0.3, 0.4) is 0 Å². The number of rotatable bonds is 4. The van der Waals surface area contributed by atoms with Gasteiger partial charge in [0.15, 0.2) is 0 Å². The smallest absolute Gasteiger partial charge is 0.120 e. The Hall–Kier alpha value is -1.95. The van der Waals surface area contributed by atoms with E-state index in [2.05, 4.69) is 35.9 Å². The lowest BCUT2D eigenvalue weighted by molar-refractivity contribution is 0.340. The van der Waals surface area contributed by atoms with Gasteiger partial charge in [0, 0.05) is 23.6 Å². The molecule has 1 aromatic heterocycles. The number of ether oxygens (including phenoxy) is 1. The number of nitriles is 1. The highest BCUT2D eigenvalue weighted by Gasteiger charge is 2.06. The molecule has 1 aromatic carbocycles. The van der Waals surface area contributed by atoms with E-state index < -0.39 is 0 Å². The molecule has 0 unspecified atom stereocenters. The third kappa shape index (κ3) is 2.26. The molecule has 3 nitrogen and oxygen atoms in total. The van der Waals surface area contributed by atoms with Gasteiger partial charge in [-0.05, 0) is 37.6 Å². The van der Waals surface area contributed by atoms with Gasteiger partial charge in [-0.25, -0.2) is 0 Å². The molecule has 0 amide bonds. The Morgan fingerprint density at radius 3 is 2.94 bits per heavy atom. The molecule has 0 aliphatic heterocycles. The second kappa shape index (κ2) is 4.92. The van der Waals surface area contributed by atoms with Crippen molar-refractivity contribution in [1.29, 1.82) is 5.26 Å². The minimum atomic E-state index is 0.538. The Labute approximate surface area is 101 Å². The van der Waals surface area contributed by atoms with Gasteiger partial charge in [0.1, 0.15) is 5.75 Å². The summed E-state index contributed by atoms with van der Waals surface area (Å²) < 4.78 is 7.63. The molecule has 2 aromatic rings. The summed E-state index contributed by atoms with van der Waals surface area (Å²) in [5.41, 5.74) is 2.39. The fourth-order valence-electron chi connectivity index (χ4n) is 2.07. The summed E-state index contributed by atoms with van der Waals surface area (Å²) >= 11 is 0. The van der Waals surface area contributed by atoms with Gasteiger partial charge in [-0.1, -0.05) is 0 Å². The highest BCUT2D eigenvalue weighted by Crippen LogP contribution is 2.25. The second-order valence-electron chi connectivity index (χ2n) is 4.03. The molecule has 0 saturated carbocycles. The fraction of sp³-hybridized carbons (Fsp3) is 0.357. The first-order valence-electron chi connectivity index (χ1n) is 5.85. The van der Waals surface area contributed by atoms with Crippen molar-refractivity contribution in [2.45, 2.75) is 26.8 Å². The lowest BCUT2D eigenvalue weighted by Gasteiger charge is -2.05. The molecule has 0 aliphatic rings. The number of hydrogen-bond acceptors (Lipinski definition) is 2. The van der Waals surface area contributed by atoms with Gasteiger partial charge < -0.3 is 9.30 Å². The number of benzene rings is 1. The van der Waals surface area contributed by atoms with Gasteiger partial charge in [0.05, 0.1) is 19.1 Å². The Balaban J connectivity index is 2.42. The quantitative estimate of drug-likeness (QED) is 0.805. The standard InChI is InChI=1S/C14H16N2O/c1-3-17-12-5-6-14-13(9-12)11(2)10-16(14)8-4-7-15/h5-6,9-10H,3-4,8H2,1-2H3. The van der Waals surface area contributed by atoms with Crippen LogP contribution in [-0.4, -0.2) is 11.2 Å². The minimum absolute atomic E-state index is 0.538. The molecule has 0 atom stereocenters. The first kappa shape index (κ1) is 11.5. The van der Waals surface area contributed by atoms with E-state index in [4.69, 9.17) is 10.00 Å². The van der Waals surface area contributed by atoms with E-state index in [-0.39, 0.29) is 0 Å². The van der Waals surface area contributed by atoms with E-state index >= 15 is 0 Å². The summed E-state index contributed by atoms with van der Waals surface area (Å²) in [7, 11) is 0. The molecule has 0 aliphatic carbocycles. The van der Waals surface area contributed by atoms with Crippen LogP contribution in [0.15, 0.2) is 24.4 Å². The van der Waals surface area contributed by atoms with Crippen LogP contribution in [0.5, 0.6) is 5.75 Å². The van der Waals surface area contributed by atoms with Crippen molar-refractivity contribution in [3.05, 3.63) is 30.0 Å². The topological polar surface area (TPSA) is 38.0 Å². The summed E-state index contributed by atoms with van der Waals surface area (Å²) in [5.74, 6) is 0.904. The van der Waals surface area contributed by atoms with E-state index in [1.165, 1.54) is 16.5 Å². The van der Waals surface area contributed by atoms with Crippen molar-refractivity contribution >= 4 is 10.9 Å². The number of hydrogen-bond donors (Lipinski definition) is 0. The third-order valence-electron chi connectivity index (χ3n) is 2.83. The molecule has 1 heterocycles. The largest absolute Gasteiger partial charge is 0.494 e. The molecule has 17 heavy (non-hydrogen) atoms. The van der Waals surface area contributed by atoms with E-state index in [9.17, 15) is 0 Å². The number of aryl methyl sites for hydroxylation is 2. The lowest BCUT2D eigenvalue weighted by Crippen LogP contribution is -1.95. The second-order valence-corrected chi connectivity index (χ2v) is 4.03. The average molecular weight is 228 g/mol. The molecule has 3 heteroatoms. The Bertz CT molecular complexity index is 563. The summed E-state index contributed by atoms with van der Waals surface area (Å²) in [6, 6.07) is 8.28. The molecule has 0 bridgehead atoms. The molecule has 0 saturated heterocycles. The van der Waals surface area contributed by atoms with Crippen LogP contribution in [0, 0.1) is 18.3 Å². The zero-order valence-corrected chi connectivity index (χ0v) is 10.2. The predicted octanol–water partition coefficient (Wildman–Crippen LogP) is 3.26. The molecule has 0 spiro atoms. The maximum Gasteiger partial charge on any atom is 0.120 e. The van der Waals surface area contributed by atoms with Crippen LogP contribution in [-0.2, 0) is 6.54 Å². The Kier molecular flexibility index (Phi) is 3.34. The normalized spacial score (nSPS) is 10.4. The molecule has 0 N–H and O–H groups in total. The van der Waals surface area contributed by atoms with Crippen LogP contribution >= 0.6 is 0 Å². The van der Waals surface area contributed by atoms with Gasteiger partial charge in [-0.3, -0.25) is 0 Å². The van der Waals surface area contributed by atoms with Crippen LogP contribution in [0.1, 0.15) is 18.9 Å². The monoisotopic (exact) mass is 228 g/mol. The zero-order valence-electron chi connectivity index (χ0n) is 10.2. The van der Waals surface area contributed by atoms with E-state index in [0.717, 1.165) is 12.3 Å². The zero-order chi connectivity index (χ0) is 12.3. The van der Waals surface area contributed by atoms with Gasteiger partial charge in [0.2, 0.25) is 0 Å². The van der Waals surface area contributed by atoms with Gasteiger partial charge in [-0.2, -0.15) is 5.26 Å². The highest BCUT2D eigenvalue weighted by atomic mass is 16.5. The van der Waals surface area contributed by atoms with Crippen LogP contribution < -0.4 is 4.74 Å². The van der Waals surface area contributed by atoms with Gasteiger partial charge in [-0.15, -0.1) is 0 Å². The third-order valence-corrected chi connectivity index (χ3v) is 2.83. The van der Waals surface area contributed by atoms with Crippen LogP contribution in [0.2, 0.25) is 0 Å². The predicted molar refractivity (Wildman–Crippen MR) is 68.1 cm³/mol. The first-order valence-corrected chi connectivity index (χ1v) is 5.85. The molecule has 0 radical (unpaired) electrons. The van der Waals surface area contributed by atoms with E-state index in [0.29, 0.717) is 13.0 Å². The van der Waals surface area contributed by atoms with Gasteiger partial charge in [0.25, 0.3) is 0 Å². The average Bonchev–Trinajstić information content (AvgIpc) is 2.64. The van der Waals surface area contributed by atoms with Crippen molar-refractivity contribution in [2.75, 3.05) is 6.61 Å². The fourth-order valence-corrected chi connectivity index (χ4v) is 2.07. The molecular weight excluding hydrogens is 212 g/mol. The van der Waals surface area contributed by atoms with Crippen molar-refractivity contribution in [1.82, 2.24) is 4.57 Å². The molecular formula is C14H16N2O. The minimum Gasteiger partial charge on any atom is -0.494 e. The van der Waals surface area contributed by atoms with Crippen LogP contribution in [0.4, 0.5) is 0 Å². The van der Waals surface area contributed by atoms with E-state index in [1.54, 1.807) is 0 Å². The molecule has 88 valence electrons. The summed E-state index contributed by atoms with van der Waals surface area (Å²) in [4.78, 5) is 0. The van der Waals surface area contributed by atoms with Crippen molar-refractivity contribution < 1.29 is 4.74 Å². The van der Waals surface area contributed by atoms with Crippen molar-refractivity contribution in [3.63, 3.8) is 0 Å². The summed E-state index contributed by atoms with van der Waals surface area (Å²) in [6.45, 7) is 5.49. The molecule has 0 fully saturated rings. The lowest BCUT2D eigenvalue weighted by atomic mass is 10.2. The van der Waals surface area contributed by atoms with Crippen molar-refractivity contribution in [2.24, 2.45) is 0 Å². The van der Waals surface area contributed by atoms with Crippen molar-refractivity contribution in [3.8, 4) is 11.8 Å². The van der Waals surface area contributed by atoms with Gasteiger partial charge >= 0.3 is 0 Å². The molecule has 2 rings (SSSR count). The Morgan fingerprint density at radius 2 is 2.24 bits per heavy atom. The van der Waals surface area contributed by atoms with E-state index in [1.807, 2.05) is 13.0 Å². The maximum atomic E-state index is 8.64. The van der Waals surface area contributed by atoms with Crippen LogP contribution in [0.25, 0.3) is 10.9 Å². The SMILES string of the molecule is CCOc1ccc2c(c1)c(C)cn2CCC#N. The number of nitrogens with zero attached hydrogens (tertiary/aromatic N) is 2. The highest BCUT2D eigenvalue weighted by molar-refractivity contribution is 5.85. The first-order chi connectivity index (χ1) is 8.26. The number of fused-ring (bicyclic) bond motifs is 1. The Morgan fingerprint density at radius 1 is 1.41 bits per heavy atom. The summed E-state index contributed by atoms with van der Waals surface area (Å²) in [5, 5.41) is 9.84. The maximum absolute atomic E-state index is 8.64.